The van der Waals surface area contributed by atoms with Crippen molar-refractivity contribution in [2.75, 3.05) is 5.32 Å². The molecule has 0 spiro atoms. The summed E-state index contributed by atoms with van der Waals surface area (Å²) in [5, 5.41) is 2.66. The highest BCUT2D eigenvalue weighted by Crippen LogP contribution is 2.01. The van der Waals surface area contributed by atoms with Crippen LogP contribution in [0.1, 0.15) is 31.9 Å². The first-order valence-electron chi connectivity index (χ1n) is 4.82. The van der Waals surface area contributed by atoms with E-state index in [9.17, 15) is 4.79 Å². The van der Waals surface area contributed by atoms with Gasteiger partial charge in [-0.1, -0.05) is 13.3 Å². The highest BCUT2D eigenvalue weighted by Gasteiger charge is 2.02. The Labute approximate surface area is 83.8 Å². The van der Waals surface area contributed by atoms with Gasteiger partial charge in [-0.25, -0.2) is 9.97 Å². The van der Waals surface area contributed by atoms with Crippen LogP contribution in [0, 0.1) is 6.92 Å². The van der Waals surface area contributed by atoms with Crippen LogP contribution < -0.4 is 5.32 Å². The molecule has 0 aliphatic carbocycles. The van der Waals surface area contributed by atoms with E-state index in [-0.39, 0.29) is 5.91 Å². The normalized spacial score (nSPS) is 9.86. The predicted molar refractivity (Wildman–Crippen MR) is 54.9 cm³/mol. The molecule has 76 valence electrons. The van der Waals surface area contributed by atoms with Gasteiger partial charge < -0.3 is 0 Å². The van der Waals surface area contributed by atoms with E-state index in [2.05, 4.69) is 22.2 Å². The number of rotatable bonds is 4. The van der Waals surface area contributed by atoms with Crippen molar-refractivity contribution in [3.63, 3.8) is 0 Å². The fourth-order valence-corrected chi connectivity index (χ4v) is 1.03. The van der Waals surface area contributed by atoms with E-state index in [1.165, 1.54) is 0 Å². The maximum Gasteiger partial charge on any atom is 0.229 e. The van der Waals surface area contributed by atoms with E-state index in [4.69, 9.17) is 0 Å². The molecule has 4 nitrogen and oxygen atoms in total. The second-order valence-electron chi connectivity index (χ2n) is 3.17. The van der Waals surface area contributed by atoms with Crippen molar-refractivity contribution in [2.24, 2.45) is 0 Å². The number of hydrogen-bond donors (Lipinski definition) is 1. The molecule has 0 atom stereocenters. The molecule has 0 aliphatic rings. The largest absolute Gasteiger partial charge is 0.295 e. The van der Waals surface area contributed by atoms with Crippen LogP contribution in [0.2, 0.25) is 0 Å². The summed E-state index contributed by atoms with van der Waals surface area (Å²) in [6.45, 7) is 3.92. The third-order valence-corrected chi connectivity index (χ3v) is 1.80. The number of anilines is 1. The molecule has 1 aromatic rings. The maximum atomic E-state index is 11.3. The Hall–Kier alpha value is -1.45. The van der Waals surface area contributed by atoms with Gasteiger partial charge in [0, 0.05) is 18.3 Å². The molecule has 0 fully saturated rings. The molecule has 0 saturated carbocycles. The average molecular weight is 193 g/mol. The lowest BCUT2D eigenvalue weighted by Crippen LogP contribution is -2.13. The van der Waals surface area contributed by atoms with E-state index in [0.717, 1.165) is 18.5 Å². The van der Waals surface area contributed by atoms with Gasteiger partial charge in [0.2, 0.25) is 11.9 Å². The standard InChI is InChI=1S/C10H15N3O/c1-3-4-5-9(14)13-10-11-7-6-8(2)12-10/h6-7H,3-5H2,1-2H3,(H,11,12,13,14). The topological polar surface area (TPSA) is 54.9 Å². The van der Waals surface area contributed by atoms with Crippen molar-refractivity contribution in [3.8, 4) is 0 Å². The summed E-state index contributed by atoms with van der Waals surface area (Å²) in [6, 6.07) is 1.79. The van der Waals surface area contributed by atoms with Crippen LogP contribution in [0.4, 0.5) is 5.95 Å². The van der Waals surface area contributed by atoms with Crippen LogP contribution in [0.25, 0.3) is 0 Å². The van der Waals surface area contributed by atoms with Crippen LogP contribution in [-0.4, -0.2) is 15.9 Å². The number of amides is 1. The Bertz CT molecular complexity index is 312. The first-order chi connectivity index (χ1) is 6.72. The number of aromatic nitrogens is 2. The minimum atomic E-state index is -0.0162. The summed E-state index contributed by atoms with van der Waals surface area (Å²) in [5.74, 6) is 0.378. The molecule has 1 heterocycles. The second-order valence-corrected chi connectivity index (χ2v) is 3.17. The second kappa shape index (κ2) is 5.32. The van der Waals surface area contributed by atoms with Gasteiger partial charge in [-0.15, -0.1) is 0 Å². The van der Waals surface area contributed by atoms with Crippen LogP contribution in [0.3, 0.4) is 0 Å². The Kier molecular flexibility index (Phi) is 4.04. The van der Waals surface area contributed by atoms with Crippen molar-refractivity contribution in [2.45, 2.75) is 33.1 Å². The summed E-state index contributed by atoms with van der Waals surface area (Å²) in [5.41, 5.74) is 0.853. The summed E-state index contributed by atoms with van der Waals surface area (Å²) >= 11 is 0. The van der Waals surface area contributed by atoms with Crippen molar-refractivity contribution in [3.05, 3.63) is 18.0 Å². The van der Waals surface area contributed by atoms with Gasteiger partial charge in [-0.3, -0.25) is 10.1 Å². The molecule has 1 rings (SSSR count). The third-order valence-electron chi connectivity index (χ3n) is 1.80. The van der Waals surface area contributed by atoms with Gasteiger partial charge >= 0.3 is 0 Å². The highest BCUT2D eigenvalue weighted by molar-refractivity contribution is 5.88. The molecule has 0 unspecified atom stereocenters. The molecule has 1 N–H and O–H groups in total. The highest BCUT2D eigenvalue weighted by atomic mass is 16.1. The molecule has 0 saturated heterocycles. The molecule has 0 aliphatic heterocycles. The zero-order valence-corrected chi connectivity index (χ0v) is 8.58. The van der Waals surface area contributed by atoms with Crippen molar-refractivity contribution >= 4 is 11.9 Å². The zero-order chi connectivity index (χ0) is 10.4. The number of unbranched alkanes of at least 4 members (excludes halogenated alkanes) is 1. The Morgan fingerprint density at radius 3 is 3.00 bits per heavy atom. The quantitative estimate of drug-likeness (QED) is 0.794. The molecular weight excluding hydrogens is 178 g/mol. The van der Waals surface area contributed by atoms with Crippen molar-refractivity contribution in [1.82, 2.24) is 9.97 Å². The minimum Gasteiger partial charge on any atom is -0.295 e. The number of carbonyl (C=O) groups excluding carboxylic acids is 1. The van der Waals surface area contributed by atoms with E-state index >= 15 is 0 Å². The van der Waals surface area contributed by atoms with Gasteiger partial charge in [-0.2, -0.15) is 0 Å². The van der Waals surface area contributed by atoms with Gasteiger partial charge in [0.25, 0.3) is 0 Å². The lowest BCUT2D eigenvalue weighted by atomic mass is 10.2. The Morgan fingerprint density at radius 1 is 1.57 bits per heavy atom. The van der Waals surface area contributed by atoms with Crippen LogP contribution in [-0.2, 0) is 4.79 Å². The first kappa shape index (κ1) is 10.6. The Balaban J connectivity index is 2.47. The van der Waals surface area contributed by atoms with Crippen molar-refractivity contribution in [1.29, 1.82) is 0 Å². The number of nitrogens with zero attached hydrogens (tertiary/aromatic N) is 2. The van der Waals surface area contributed by atoms with Crippen LogP contribution in [0.15, 0.2) is 12.3 Å². The third kappa shape index (κ3) is 3.51. The number of nitrogens with one attached hydrogen (secondary N) is 1. The van der Waals surface area contributed by atoms with E-state index < -0.39 is 0 Å². The Morgan fingerprint density at radius 2 is 2.36 bits per heavy atom. The summed E-state index contributed by atoms with van der Waals surface area (Å²) in [4.78, 5) is 19.3. The molecule has 4 heteroatoms. The minimum absolute atomic E-state index is 0.0162. The molecule has 0 bridgehead atoms. The monoisotopic (exact) mass is 193 g/mol. The maximum absolute atomic E-state index is 11.3. The molecule has 1 aromatic heterocycles. The van der Waals surface area contributed by atoms with E-state index in [1.54, 1.807) is 12.3 Å². The number of hydrogen-bond acceptors (Lipinski definition) is 3. The SMILES string of the molecule is CCCCC(=O)Nc1nccc(C)n1. The van der Waals surface area contributed by atoms with Gasteiger partial charge in [0.05, 0.1) is 0 Å². The van der Waals surface area contributed by atoms with Crippen LogP contribution >= 0.6 is 0 Å². The average Bonchev–Trinajstić information content (AvgIpc) is 2.15. The molecule has 0 radical (unpaired) electrons. The lowest BCUT2D eigenvalue weighted by Gasteiger charge is -2.02. The fourth-order valence-electron chi connectivity index (χ4n) is 1.03. The smallest absolute Gasteiger partial charge is 0.229 e. The number of aryl methyl sites for hydroxylation is 1. The summed E-state index contributed by atoms with van der Waals surface area (Å²) in [7, 11) is 0. The van der Waals surface area contributed by atoms with Gasteiger partial charge in [0.15, 0.2) is 0 Å². The summed E-state index contributed by atoms with van der Waals surface area (Å²) in [6.07, 6.45) is 4.09. The fraction of sp³-hybridized carbons (Fsp3) is 0.500. The molecule has 14 heavy (non-hydrogen) atoms. The number of carbonyl (C=O) groups is 1. The lowest BCUT2D eigenvalue weighted by molar-refractivity contribution is -0.116. The van der Waals surface area contributed by atoms with E-state index in [1.807, 2.05) is 6.92 Å². The first-order valence-corrected chi connectivity index (χ1v) is 4.82. The van der Waals surface area contributed by atoms with Gasteiger partial charge in [0.1, 0.15) is 0 Å². The zero-order valence-electron chi connectivity index (χ0n) is 8.58. The molecule has 1 amide bonds. The van der Waals surface area contributed by atoms with Crippen molar-refractivity contribution < 1.29 is 4.79 Å². The summed E-state index contributed by atoms with van der Waals surface area (Å²) < 4.78 is 0. The van der Waals surface area contributed by atoms with Crippen LogP contribution in [0.5, 0.6) is 0 Å². The molecule has 0 aromatic carbocycles. The van der Waals surface area contributed by atoms with Gasteiger partial charge in [-0.05, 0) is 19.4 Å². The van der Waals surface area contributed by atoms with E-state index in [0.29, 0.717) is 12.4 Å². The molecular formula is C10H15N3O. The predicted octanol–water partition coefficient (Wildman–Crippen LogP) is 1.91.